The Balaban J connectivity index is 1.48. The number of carbonyl (C=O) groups excluding carboxylic acids is 1. The number of aryl methyl sites for hydroxylation is 1. The Morgan fingerprint density at radius 3 is 2.45 bits per heavy atom. The average Bonchev–Trinajstić information content (AvgIpc) is 2.99. The highest BCUT2D eigenvalue weighted by Gasteiger charge is 2.21. The third kappa shape index (κ3) is 3.33. The number of hydrogen-bond acceptors (Lipinski definition) is 4. The highest BCUT2D eigenvalue weighted by atomic mass is 16.2. The van der Waals surface area contributed by atoms with Gasteiger partial charge in [0.15, 0.2) is 0 Å². The van der Waals surface area contributed by atoms with E-state index >= 15 is 0 Å². The number of hydrogen-bond donors (Lipinski definition) is 0. The molecule has 1 saturated heterocycles. The quantitative estimate of drug-likeness (QED) is 0.846. The van der Waals surface area contributed by atoms with Crippen LogP contribution < -0.4 is 0 Å². The van der Waals surface area contributed by atoms with E-state index in [-0.39, 0.29) is 5.91 Å². The standard InChI is InChI=1S/C16H21N5O/c1-14-18-6-7-20(14)11-8-19-9-12-21(13-10-19)16(22)15-2-4-17-5-3-15/h2-7H,8-13H2,1H3. The monoisotopic (exact) mass is 299 g/mol. The second-order valence-corrected chi connectivity index (χ2v) is 5.54. The van der Waals surface area contributed by atoms with Crippen molar-refractivity contribution in [2.24, 2.45) is 0 Å². The summed E-state index contributed by atoms with van der Waals surface area (Å²) in [5.74, 6) is 1.15. The predicted octanol–water partition coefficient (Wildman–Crippen LogP) is 1.04. The molecule has 0 atom stereocenters. The number of nitrogens with zero attached hydrogens (tertiary/aromatic N) is 5. The molecular weight excluding hydrogens is 278 g/mol. The van der Waals surface area contributed by atoms with Crippen LogP contribution in [0.15, 0.2) is 36.9 Å². The van der Waals surface area contributed by atoms with E-state index in [1.54, 1.807) is 24.5 Å². The number of pyridine rings is 1. The summed E-state index contributed by atoms with van der Waals surface area (Å²) in [6.07, 6.45) is 7.17. The van der Waals surface area contributed by atoms with Crippen LogP contribution in [0.2, 0.25) is 0 Å². The molecule has 3 heterocycles. The predicted molar refractivity (Wildman–Crippen MR) is 83.5 cm³/mol. The minimum Gasteiger partial charge on any atom is -0.336 e. The summed E-state index contributed by atoms with van der Waals surface area (Å²) in [5, 5.41) is 0. The molecule has 22 heavy (non-hydrogen) atoms. The maximum atomic E-state index is 12.4. The van der Waals surface area contributed by atoms with Crippen molar-refractivity contribution in [3.63, 3.8) is 0 Å². The van der Waals surface area contributed by atoms with Crippen LogP contribution in [0.25, 0.3) is 0 Å². The van der Waals surface area contributed by atoms with E-state index < -0.39 is 0 Å². The Kier molecular flexibility index (Phi) is 4.48. The Morgan fingerprint density at radius 2 is 1.82 bits per heavy atom. The molecule has 1 aliphatic heterocycles. The zero-order chi connectivity index (χ0) is 15.4. The zero-order valence-electron chi connectivity index (χ0n) is 12.9. The van der Waals surface area contributed by atoms with Crippen molar-refractivity contribution >= 4 is 5.91 Å². The van der Waals surface area contributed by atoms with Crippen molar-refractivity contribution in [2.45, 2.75) is 13.5 Å². The lowest BCUT2D eigenvalue weighted by Crippen LogP contribution is -2.49. The van der Waals surface area contributed by atoms with Gasteiger partial charge in [-0.1, -0.05) is 0 Å². The van der Waals surface area contributed by atoms with Crippen LogP contribution in [0.5, 0.6) is 0 Å². The molecule has 1 aliphatic rings. The van der Waals surface area contributed by atoms with Crippen molar-refractivity contribution < 1.29 is 4.79 Å². The highest BCUT2D eigenvalue weighted by Crippen LogP contribution is 2.08. The van der Waals surface area contributed by atoms with E-state index in [2.05, 4.69) is 19.4 Å². The first-order valence-corrected chi connectivity index (χ1v) is 7.63. The van der Waals surface area contributed by atoms with Crippen molar-refractivity contribution in [3.8, 4) is 0 Å². The SMILES string of the molecule is Cc1nccn1CCN1CCN(C(=O)c2ccncc2)CC1. The molecule has 6 heteroatoms. The highest BCUT2D eigenvalue weighted by molar-refractivity contribution is 5.94. The number of imidazole rings is 1. The van der Waals surface area contributed by atoms with Gasteiger partial charge >= 0.3 is 0 Å². The molecule has 2 aromatic heterocycles. The summed E-state index contributed by atoms with van der Waals surface area (Å²) in [5.41, 5.74) is 0.720. The van der Waals surface area contributed by atoms with Gasteiger partial charge in [-0.25, -0.2) is 4.98 Å². The van der Waals surface area contributed by atoms with Crippen LogP contribution >= 0.6 is 0 Å². The second kappa shape index (κ2) is 6.70. The van der Waals surface area contributed by atoms with Crippen molar-refractivity contribution in [1.82, 2.24) is 24.3 Å². The van der Waals surface area contributed by atoms with E-state index in [0.717, 1.165) is 50.7 Å². The van der Waals surface area contributed by atoms with Gasteiger partial charge in [0.2, 0.25) is 0 Å². The number of piperazine rings is 1. The Bertz CT molecular complexity index is 616. The average molecular weight is 299 g/mol. The number of carbonyl (C=O) groups is 1. The molecule has 0 aromatic carbocycles. The van der Waals surface area contributed by atoms with Gasteiger partial charge in [0.05, 0.1) is 0 Å². The maximum Gasteiger partial charge on any atom is 0.254 e. The molecule has 0 radical (unpaired) electrons. The smallest absolute Gasteiger partial charge is 0.254 e. The Morgan fingerprint density at radius 1 is 1.09 bits per heavy atom. The third-order valence-corrected chi connectivity index (χ3v) is 4.17. The molecule has 0 aliphatic carbocycles. The van der Waals surface area contributed by atoms with E-state index in [9.17, 15) is 4.79 Å². The third-order valence-electron chi connectivity index (χ3n) is 4.17. The van der Waals surface area contributed by atoms with E-state index in [1.807, 2.05) is 24.2 Å². The number of aromatic nitrogens is 3. The molecule has 0 bridgehead atoms. The van der Waals surface area contributed by atoms with Crippen LogP contribution in [0.4, 0.5) is 0 Å². The summed E-state index contributed by atoms with van der Waals surface area (Å²) in [7, 11) is 0. The summed E-state index contributed by atoms with van der Waals surface area (Å²) in [6.45, 7) is 7.37. The van der Waals surface area contributed by atoms with Gasteiger partial charge in [0, 0.05) is 69.6 Å². The molecule has 0 saturated carbocycles. The van der Waals surface area contributed by atoms with Crippen molar-refractivity contribution in [2.75, 3.05) is 32.7 Å². The molecule has 6 nitrogen and oxygen atoms in total. The summed E-state index contributed by atoms with van der Waals surface area (Å²) < 4.78 is 2.16. The van der Waals surface area contributed by atoms with Crippen LogP contribution in [0.1, 0.15) is 16.2 Å². The Labute approximate surface area is 130 Å². The fourth-order valence-electron chi connectivity index (χ4n) is 2.74. The lowest BCUT2D eigenvalue weighted by atomic mass is 10.2. The van der Waals surface area contributed by atoms with Crippen molar-refractivity contribution in [3.05, 3.63) is 48.3 Å². The van der Waals surface area contributed by atoms with Gasteiger partial charge in [-0.2, -0.15) is 0 Å². The van der Waals surface area contributed by atoms with Crippen LogP contribution in [-0.4, -0.2) is 63.0 Å². The first-order valence-electron chi connectivity index (χ1n) is 7.63. The van der Waals surface area contributed by atoms with E-state index in [0.29, 0.717) is 0 Å². The normalized spacial score (nSPS) is 16.0. The van der Waals surface area contributed by atoms with Gasteiger partial charge in [-0.15, -0.1) is 0 Å². The fourth-order valence-corrected chi connectivity index (χ4v) is 2.74. The molecular formula is C16H21N5O. The summed E-state index contributed by atoms with van der Waals surface area (Å²) in [4.78, 5) is 24.9. The molecule has 3 rings (SSSR count). The van der Waals surface area contributed by atoms with Gasteiger partial charge in [-0.3, -0.25) is 14.7 Å². The molecule has 0 spiro atoms. The summed E-state index contributed by atoms with van der Waals surface area (Å²) in [6, 6.07) is 3.55. The first kappa shape index (κ1) is 14.7. The topological polar surface area (TPSA) is 54.3 Å². The van der Waals surface area contributed by atoms with Crippen LogP contribution in [-0.2, 0) is 6.54 Å². The minimum absolute atomic E-state index is 0.104. The number of rotatable bonds is 4. The molecule has 0 N–H and O–H groups in total. The zero-order valence-corrected chi connectivity index (χ0v) is 12.9. The van der Waals surface area contributed by atoms with Crippen LogP contribution in [0, 0.1) is 6.92 Å². The first-order chi connectivity index (χ1) is 10.7. The van der Waals surface area contributed by atoms with E-state index in [4.69, 9.17) is 0 Å². The number of amides is 1. The molecule has 1 amide bonds. The van der Waals surface area contributed by atoms with Gasteiger partial charge in [0.1, 0.15) is 5.82 Å². The molecule has 116 valence electrons. The minimum atomic E-state index is 0.104. The molecule has 0 unspecified atom stereocenters. The summed E-state index contributed by atoms with van der Waals surface area (Å²) >= 11 is 0. The largest absolute Gasteiger partial charge is 0.336 e. The lowest BCUT2D eigenvalue weighted by molar-refractivity contribution is 0.0633. The lowest BCUT2D eigenvalue weighted by Gasteiger charge is -2.34. The Hall–Kier alpha value is -2.21. The van der Waals surface area contributed by atoms with Crippen LogP contribution in [0.3, 0.4) is 0 Å². The van der Waals surface area contributed by atoms with Gasteiger partial charge < -0.3 is 9.47 Å². The van der Waals surface area contributed by atoms with Gasteiger partial charge in [0.25, 0.3) is 5.91 Å². The second-order valence-electron chi connectivity index (χ2n) is 5.54. The van der Waals surface area contributed by atoms with Crippen molar-refractivity contribution in [1.29, 1.82) is 0 Å². The molecule has 1 fully saturated rings. The molecule has 2 aromatic rings. The maximum absolute atomic E-state index is 12.4. The van der Waals surface area contributed by atoms with E-state index in [1.165, 1.54) is 0 Å². The van der Waals surface area contributed by atoms with Gasteiger partial charge in [-0.05, 0) is 19.1 Å². The fraction of sp³-hybridized carbons (Fsp3) is 0.438.